The average molecular weight is 293 g/mol. The lowest BCUT2D eigenvalue weighted by atomic mass is 10.3. The molecule has 0 heterocycles. The fourth-order valence-corrected chi connectivity index (χ4v) is 3.17. The summed E-state index contributed by atoms with van der Waals surface area (Å²) in [6, 6.07) is 4.23. The zero-order chi connectivity index (χ0) is 13.8. The maximum absolute atomic E-state index is 12.3. The van der Waals surface area contributed by atoms with Crippen LogP contribution in [-0.4, -0.2) is 37.5 Å². The van der Waals surface area contributed by atoms with Gasteiger partial charge in [0.25, 0.3) is 0 Å². The van der Waals surface area contributed by atoms with Crippen LogP contribution in [0.5, 0.6) is 0 Å². The van der Waals surface area contributed by atoms with E-state index >= 15 is 0 Å². The molecule has 0 saturated carbocycles. The van der Waals surface area contributed by atoms with Crippen molar-refractivity contribution in [2.75, 3.05) is 25.4 Å². The van der Waals surface area contributed by atoms with E-state index in [-0.39, 0.29) is 23.7 Å². The van der Waals surface area contributed by atoms with Gasteiger partial charge in [-0.05, 0) is 24.6 Å². The van der Waals surface area contributed by atoms with Crippen molar-refractivity contribution in [3.8, 4) is 0 Å². The molecule has 3 N–H and O–H groups in total. The molecule has 0 radical (unpaired) electrons. The average Bonchev–Trinajstić information content (AvgIpc) is 2.33. The van der Waals surface area contributed by atoms with Crippen molar-refractivity contribution in [1.29, 1.82) is 0 Å². The van der Waals surface area contributed by atoms with Crippen molar-refractivity contribution >= 4 is 27.3 Å². The molecule has 0 aliphatic rings. The van der Waals surface area contributed by atoms with Gasteiger partial charge in [-0.25, -0.2) is 8.42 Å². The highest BCUT2D eigenvalue weighted by molar-refractivity contribution is 7.89. The first kappa shape index (κ1) is 15.2. The third-order valence-electron chi connectivity index (χ3n) is 2.52. The fraction of sp³-hybridized carbons (Fsp3) is 0.455. The smallest absolute Gasteiger partial charge is 0.243 e. The third-order valence-corrected chi connectivity index (χ3v) is 4.84. The van der Waals surface area contributed by atoms with E-state index in [9.17, 15) is 8.42 Å². The van der Waals surface area contributed by atoms with Crippen molar-refractivity contribution in [2.45, 2.75) is 18.2 Å². The molecular formula is C11H17ClN2O3S. The van der Waals surface area contributed by atoms with Gasteiger partial charge < -0.3 is 10.8 Å². The third kappa shape index (κ3) is 3.35. The number of hydrogen-bond donors (Lipinski definition) is 2. The van der Waals surface area contributed by atoms with E-state index in [2.05, 4.69) is 0 Å². The lowest BCUT2D eigenvalue weighted by Gasteiger charge is -2.20. The number of hydrogen-bond acceptors (Lipinski definition) is 4. The van der Waals surface area contributed by atoms with Crippen LogP contribution in [0.25, 0.3) is 0 Å². The van der Waals surface area contributed by atoms with Crippen LogP contribution in [0.4, 0.5) is 5.69 Å². The molecule has 5 nitrogen and oxygen atoms in total. The number of nitrogen functional groups attached to an aromatic ring is 1. The number of anilines is 1. The second-order valence-corrected chi connectivity index (χ2v) is 6.10. The summed E-state index contributed by atoms with van der Waals surface area (Å²) < 4.78 is 25.9. The van der Waals surface area contributed by atoms with E-state index in [0.717, 1.165) is 0 Å². The van der Waals surface area contributed by atoms with E-state index < -0.39 is 10.0 Å². The number of nitrogens with zero attached hydrogens (tertiary/aromatic N) is 1. The molecule has 0 spiro atoms. The molecule has 0 fully saturated rings. The Labute approximate surface area is 112 Å². The van der Waals surface area contributed by atoms with E-state index in [1.54, 1.807) is 6.92 Å². The van der Waals surface area contributed by atoms with Gasteiger partial charge in [0.05, 0.1) is 15.6 Å². The molecule has 7 heteroatoms. The summed E-state index contributed by atoms with van der Waals surface area (Å²) in [5.41, 5.74) is 5.84. The molecule has 0 unspecified atom stereocenters. The first-order valence-corrected chi connectivity index (χ1v) is 7.41. The highest BCUT2D eigenvalue weighted by Crippen LogP contribution is 2.24. The topological polar surface area (TPSA) is 83.6 Å². The number of aliphatic hydroxyl groups is 1. The Hall–Kier alpha value is -0.820. The summed E-state index contributed by atoms with van der Waals surface area (Å²) in [4.78, 5) is 0.115. The normalized spacial score (nSPS) is 12.0. The van der Waals surface area contributed by atoms with Gasteiger partial charge in [0, 0.05) is 19.7 Å². The van der Waals surface area contributed by atoms with Crippen LogP contribution in [-0.2, 0) is 10.0 Å². The van der Waals surface area contributed by atoms with Gasteiger partial charge in [0.1, 0.15) is 0 Å². The molecular weight excluding hydrogens is 276 g/mol. The highest BCUT2D eigenvalue weighted by Gasteiger charge is 2.23. The van der Waals surface area contributed by atoms with Gasteiger partial charge in [-0.15, -0.1) is 0 Å². The van der Waals surface area contributed by atoms with E-state index in [4.69, 9.17) is 22.4 Å². The fourth-order valence-electron chi connectivity index (χ4n) is 1.53. The Balaban J connectivity index is 3.06. The summed E-state index contributed by atoms with van der Waals surface area (Å²) in [6.45, 7) is 2.31. The van der Waals surface area contributed by atoms with Gasteiger partial charge in [-0.1, -0.05) is 18.5 Å². The van der Waals surface area contributed by atoms with Crippen LogP contribution in [0.1, 0.15) is 13.3 Å². The molecule has 0 saturated heterocycles. The maximum atomic E-state index is 12.3. The number of nitrogens with two attached hydrogens (primary N) is 1. The first-order valence-electron chi connectivity index (χ1n) is 5.59. The zero-order valence-electron chi connectivity index (χ0n) is 10.1. The number of sulfonamides is 1. The molecule has 0 atom stereocenters. The largest absolute Gasteiger partial charge is 0.397 e. The Morgan fingerprint density at radius 3 is 2.61 bits per heavy atom. The summed E-state index contributed by atoms with van der Waals surface area (Å²) in [5.74, 6) is 0. The minimum Gasteiger partial charge on any atom is -0.397 e. The Kier molecular flexibility index (Phi) is 5.40. The molecule has 0 aliphatic heterocycles. The summed E-state index contributed by atoms with van der Waals surface area (Å²) in [7, 11) is -3.58. The van der Waals surface area contributed by atoms with Crippen molar-refractivity contribution in [3.63, 3.8) is 0 Å². The summed E-state index contributed by atoms with van der Waals surface area (Å²) in [5, 5.41) is 9.09. The molecule has 0 aromatic heterocycles. The quantitative estimate of drug-likeness (QED) is 0.775. The predicted octanol–water partition coefficient (Wildman–Crippen LogP) is 1.32. The zero-order valence-corrected chi connectivity index (χ0v) is 11.7. The van der Waals surface area contributed by atoms with Crippen LogP contribution in [0.3, 0.4) is 0 Å². The van der Waals surface area contributed by atoms with Gasteiger partial charge in [0.2, 0.25) is 10.0 Å². The molecule has 1 aromatic rings. The standard InChI is InChI=1S/C11H17ClN2O3S/c1-2-14(6-3-7-15)18(16,17)9-4-5-10(12)11(13)8-9/h4-5,8,15H,2-3,6-7,13H2,1H3. The van der Waals surface area contributed by atoms with E-state index in [1.807, 2.05) is 0 Å². The summed E-state index contributed by atoms with van der Waals surface area (Å²) >= 11 is 5.76. The molecule has 1 rings (SSSR count). The molecule has 1 aromatic carbocycles. The minimum absolute atomic E-state index is 0.0468. The highest BCUT2D eigenvalue weighted by atomic mass is 35.5. The molecule has 102 valence electrons. The monoisotopic (exact) mass is 292 g/mol. The number of halogens is 1. The van der Waals surface area contributed by atoms with Crippen molar-refractivity contribution in [2.24, 2.45) is 0 Å². The lowest BCUT2D eigenvalue weighted by Crippen LogP contribution is -2.32. The lowest BCUT2D eigenvalue weighted by molar-refractivity contribution is 0.271. The predicted molar refractivity (Wildman–Crippen MR) is 72.0 cm³/mol. The van der Waals surface area contributed by atoms with Gasteiger partial charge in [-0.2, -0.15) is 4.31 Å². The van der Waals surface area contributed by atoms with Crippen LogP contribution in [0.2, 0.25) is 5.02 Å². The SMILES string of the molecule is CCN(CCCO)S(=O)(=O)c1ccc(Cl)c(N)c1. The minimum atomic E-state index is -3.58. The second kappa shape index (κ2) is 6.38. The first-order chi connectivity index (χ1) is 8.43. The molecule has 0 bridgehead atoms. The van der Waals surface area contributed by atoms with E-state index in [0.29, 0.717) is 18.0 Å². The summed E-state index contributed by atoms with van der Waals surface area (Å²) in [6.07, 6.45) is 0.399. The number of rotatable bonds is 6. The van der Waals surface area contributed by atoms with Gasteiger partial charge in [0.15, 0.2) is 0 Å². The van der Waals surface area contributed by atoms with Crippen molar-refractivity contribution < 1.29 is 13.5 Å². The van der Waals surface area contributed by atoms with Crippen LogP contribution in [0.15, 0.2) is 23.1 Å². The van der Waals surface area contributed by atoms with Crippen molar-refractivity contribution in [3.05, 3.63) is 23.2 Å². The molecule has 18 heavy (non-hydrogen) atoms. The Morgan fingerprint density at radius 1 is 1.44 bits per heavy atom. The Bertz CT molecular complexity index is 505. The van der Waals surface area contributed by atoms with E-state index in [1.165, 1.54) is 22.5 Å². The number of benzene rings is 1. The van der Waals surface area contributed by atoms with Gasteiger partial charge >= 0.3 is 0 Å². The Morgan fingerprint density at radius 2 is 2.11 bits per heavy atom. The van der Waals surface area contributed by atoms with Crippen molar-refractivity contribution in [1.82, 2.24) is 4.31 Å². The van der Waals surface area contributed by atoms with Gasteiger partial charge in [-0.3, -0.25) is 0 Å². The van der Waals surface area contributed by atoms with Crippen LogP contribution in [0, 0.1) is 0 Å². The molecule has 0 amide bonds. The van der Waals surface area contributed by atoms with Crippen LogP contribution >= 0.6 is 11.6 Å². The number of aliphatic hydroxyl groups excluding tert-OH is 1. The maximum Gasteiger partial charge on any atom is 0.243 e. The second-order valence-electron chi connectivity index (χ2n) is 3.76. The van der Waals surface area contributed by atoms with Crippen LogP contribution < -0.4 is 5.73 Å². The molecule has 0 aliphatic carbocycles.